The Balaban J connectivity index is 1.76. The zero-order valence-corrected chi connectivity index (χ0v) is 19.0. The summed E-state index contributed by atoms with van der Waals surface area (Å²) in [5.74, 6) is -0.568. The van der Waals surface area contributed by atoms with E-state index in [4.69, 9.17) is 28.1 Å². The summed E-state index contributed by atoms with van der Waals surface area (Å²) in [5.41, 5.74) is 0.221. The number of phenols is 2. The quantitative estimate of drug-likeness (QED) is 0.364. The average molecular weight is 482 g/mol. The molecule has 5 rings (SSSR count). The van der Waals surface area contributed by atoms with Gasteiger partial charge in [0.1, 0.15) is 11.0 Å². The van der Waals surface area contributed by atoms with Crippen LogP contribution in [0.3, 0.4) is 0 Å². The molecular formula is C25H22O10. The molecule has 2 atom stereocenters. The van der Waals surface area contributed by atoms with E-state index in [9.17, 15) is 20.1 Å². The summed E-state index contributed by atoms with van der Waals surface area (Å²) in [5, 5.41) is 31.5. The van der Waals surface area contributed by atoms with Gasteiger partial charge in [-0.05, 0) is 24.3 Å². The van der Waals surface area contributed by atoms with Crippen molar-refractivity contribution in [1.29, 1.82) is 0 Å². The van der Waals surface area contributed by atoms with Gasteiger partial charge in [-0.2, -0.15) is 0 Å². The van der Waals surface area contributed by atoms with E-state index in [2.05, 4.69) is 0 Å². The van der Waals surface area contributed by atoms with Crippen LogP contribution in [0.2, 0.25) is 0 Å². The van der Waals surface area contributed by atoms with Crippen LogP contribution in [0.4, 0.5) is 0 Å². The number of ether oxygens (including phenoxy) is 5. The first-order chi connectivity index (χ1) is 16.9. The lowest BCUT2D eigenvalue weighted by atomic mass is 10.0. The number of benzene rings is 3. The molecule has 0 saturated heterocycles. The third-order valence-electron chi connectivity index (χ3n) is 5.93. The number of fused-ring (bicyclic) bond motifs is 4. The number of rotatable bonds is 5. The zero-order chi connectivity index (χ0) is 24.9. The number of aromatic hydroxyl groups is 2. The number of para-hydroxylation sites is 1. The van der Waals surface area contributed by atoms with Gasteiger partial charge >= 0.3 is 0 Å². The van der Waals surface area contributed by atoms with Gasteiger partial charge in [-0.25, -0.2) is 0 Å². The molecule has 10 heteroatoms. The summed E-state index contributed by atoms with van der Waals surface area (Å²) in [4.78, 5) is 13.2. The van der Waals surface area contributed by atoms with Gasteiger partial charge in [-0.3, -0.25) is 4.79 Å². The number of aliphatic hydroxyl groups excluding tert-OH is 1. The minimum atomic E-state index is -0.962. The molecule has 10 nitrogen and oxygen atoms in total. The highest BCUT2D eigenvalue weighted by molar-refractivity contribution is 6.00. The van der Waals surface area contributed by atoms with E-state index in [1.807, 2.05) is 0 Å². The Bertz CT molecular complexity index is 1480. The van der Waals surface area contributed by atoms with Gasteiger partial charge in [0.25, 0.3) is 0 Å². The Morgan fingerprint density at radius 1 is 0.914 bits per heavy atom. The molecule has 0 unspecified atom stereocenters. The van der Waals surface area contributed by atoms with Crippen LogP contribution < -0.4 is 29.1 Å². The van der Waals surface area contributed by atoms with Gasteiger partial charge < -0.3 is 43.4 Å². The first-order valence-corrected chi connectivity index (χ1v) is 10.6. The van der Waals surface area contributed by atoms with Crippen molar-refractivity contribution in [2.24, 2.45) is 0 Å². The van der Waals surface area contributed by atoms with Crippen LogP contribution >= 0.6 is 0 Å². The summed E-state index contributed by atoms with van der Waals surface area (Å²) in [7, 11) is 4.08. The third kappa shape index (κ3) is 3.33. The number of hydrogen-bond donors (Lipinski definition) is 3. The maximum atomic E-state index is 13.2. The number of hydrogen-bond acceptors (Lipinski definition) is 10. The van der Waals surface area contributed by atoms with Gasteiger partial charge in [0.2, 0.25) is 28.4 Å². The van der Waals surface area contributed by atoms with Gasteiger partial charge in [-0.15, -0.1) is 0 Å². The fraction of sp³-hybridized carbons (Fsp3) is 0.240. The van der Waals surface area contributed by atoms with Crippen molar-refractivity contribution in [3.63, 3.8) is 0 Å². The normalized spacial score (nSPS) is 16.9. The van der Waals surface area contributed by atoms with E-state index in [0.29, 0.717) is 5.56 Å². The molecule has 0 saturated carbocycles. The second-order valence-corrected chi connectivity index (χ2v) is 7.82. The van der Waals surface area contributed by atoms with E-state index < -0.39 is 30.0 Å². The van der Waals surface area contributed by atoms with Crippen LogP contribution in [-0.4, -0.2) is 49.4 Å². The van der Waals surface area contributed by atoms with Crippen LogP contribution in [-0.2, 0) is 0 Å². The predicted octanol–water partition coefficient (Wildman–Crippen LogP) is 3.26. The Morgan fingerprint density at radius 2 is 1.60 bits per heavy atom. The molecular weight excluding hydrogens is 460 g/mol. The molecule has 0 fully saturated rings. The molecule has 0 bridgehead atoms. The minimum Gasteiger partial charge on any atom is -0.504 e. The molecule has 0 amide bonds. The van der Waals surface area contributed by atoms with Crippen LogP contribution in [0, 0.1) is 0 Å². The number of methoxy groups -OCH3 is 3. The lowest BCUT2D eigenvalue weighted by Gasteiger charge is -2.34. The van der Waals surface area contributed by atoms with Gasteiger partial charge in [0, 0.05) is 5.56 Å². The summed E-state index contributed by atoms with van der Waals surface area (Å²) in [6, 6.07) is 9.63. The molecule has 0 spiro atoms. The summed E-state index contributed by atoms with van der Waals surface area (Å²) in [6.45, 7) is -0.474. The Hall–Kier alpha value is -4.31. The second-order valence-electron chi connectivity index (χ2n) is 7.82. The van der Waals surface area contributed by atoms with Gasteiger partial charge in [0.05, 0.1) is 33.3 Å². The summed E-state index contributed by atoms with van der Waals surface area (Å²) < 4.78 is 34.1. The molecule has 3 N–H and O–H groups in total. The molecule has 1 aliphatic rings. The first kappa shape index (κ1) is 22.5. The van der Waals surface area contributed by atoms with Crippen LogP contribution in [0.15, 0.2) is 45.6 Å². The van der Waals surface area contributed by atoms with Crippen LogP contribution in [0.25, 0.3) is 21.9 Å². The van der Waals surface area contributed by atoms with Crippen molar-refractivity contribution in [3.8, 4) is 40.2 Å². The molecule has 3 aromatic carbocycles. The SMILES string of the molecule is COc1cc([C@@H]2Oc3c(OC)c(O)c4c(=O)c5ccccc5oc4c3O[C@H]2CO)cc(OC)c1O. The second kappa shape index (κ2) is 8.48. The Morgan fingerprint density at radius 3 is 2.23 bits per heavy atom. The van der Waals surface area contributed by atoms with E-state index in [1.165, 1.54) is 33.5 Å². The molecule has 182 valence electrons. The molecule has 0 aliphatic carbocycles. The van der Waals surface area contributed by atoms with Crippen molar-refractivity contribution in [3.05, 3.63) is 52.2 Å². The maximum Gasteiger partial charge on any atom is 0.212 e. The van der Waals surface area contributed by atoms with Crippen LogP contribution in [0.1, 0.15) is 11.7 Å². The highest BCUT2D eigenvalue weighted by Gasteiger charge is 2.39. The van der Waals surface area contributed by atoms with Gasteiger partial charge in [-0.1, -0.05) is 12.1 Å². The molecule has 2 heterocycles. The summed E-state index contributed by atoms with van der Waals surface area (Å²) >= 11 is 0. The third-order valence-corrected chi connectivity index (χ3v) is 5.93. The van der Waals surface area contributed by atoms with Crippen molar-refractivity contribution in [2.45, 2.75) is 12.2 Å². The lowest BCUT2D eigenvalue weighted by molar-refractivity contribution is -0.0137. The van der Waals surface area contributed by atoms with E-state index >= 15 is 0 Å². The monoisotopic (exact) mass is 482 g/mol. The topological polar surface area (TPSA) is 137 Å². The van der Waals surface area contributed by atoms with Crippen LogP contribution in [0.5, 0.6) is 40.2 Å². The van der Waals surface area contributed by atoms with Gasteiger partial charge in [0.15, 0.2) is 35.0 Å². The molecule has 35 heavy (non-hydrogen) atoms. The molecule has 1 aromatic heterocycles. The molecule has 1 aliphatic heterocycles. The lowest BCUT2D eigenvalue weighted by Crippen LogP contribution is -2.36. The number of phenolic OH excluding ortho intramolecular Hbond substituents is 2. The van der Waals surface area contributed by atoms with E-state index in [0.717, 1.165) is 0 Å². The predicted molar refractivity (Wildman–Crippen MR) is 124 cm³/mol. The largest absolute Gasteiger partial charge is 0.504 e. The first-order valence-electron chi connectivity index (χ1n) is 10.6. The summed E-state index contributed by atoms with van der Waals surface area (Å²) in [6.07, 6.45) is -1.90. The molecule has 0 radical (unpaired) electrons. The highest BCUT2D eigenvalue weighted by atomic mass is 16.6. The van der Waals surface area contributed by atoms with Crippen molar-refractivity contribution < 1.29 is 43.4 Å². The average Bonchev–Trinajstić information content (AvgIpc) is 2.88. The zero-order valence-electron chi connectivity index (χ0n) is 19.0. The number of aliphatic hydroxyl groups is 1. The van der Waals surface area contributed by atoms with Crippen molar-refractivity contribution in [2.75, 3.05) is 27.9 Å². The van der Waals surface area contributed by atoms with E-state index in [-0.39, 0.29) is 56.4 Å². The van der Waals surface area contributed by atoms with Crippen molar-refractivity contribution in [1.82, 2.24) is 0 Å². The fourth-order valence-corrected chi connectivity index (χ4v) is 4.26. The Kier molecular flexibility index (Phi) is 5.45. The maximum absolute atomic E-state index is 13.2. The van der Waals surface area contributed by atoms with E-state index in [1.54, 1.807) is 24.3 Å². The standard InChI is InChI=1S/C25H22O10/c1-30-14-8-11(9-15(31-2)19(14)28)21-16(10-26)34-24-22-17(20(29)23(32-3)25(24)35-21)18(27)12-6-4-5-7-13(12)33-22/h4-9,16,21,26,28-29H,10H2,1-3H3/t16-,21-/m0/s1. The smallest absolute Gasteiger partial charge is 0.212 e. The molecule has 4 aromatic rings. The van der Waals surface area contributed by atoms with Crippen molar-refractivity contribution >= 4 is 21.9 Å². The fourth-order valence-electron chi connectivity index (χ4n) is 4.26. The Labute approximate surface area is 198 Å². The highest BCUT2D eigenvalue weighted by Crippen LogP contribution is 2.55. The minimum absolute atomic E-state index is 0.00510.